The zero-order chi connectivity index (χ0) is 35.3. The van der Waals surface area contributed by atoms with Crippen molar-refractivity contribution in [3.8, 4) is 27.9 Å². The number of hydrogen-bond acceptors (Lipinski definition) is 2. The molecule has 0 spiro atoms. The molecule has 0 bridgehead atoms. The molecule has 1 N–H and O–H groups in total. The molecule has 252 valence electrons. The largest absolute Gasteiger partial charge is 0.422 e. The highest BCUT2D eigenvalue weighted by atomic mass is 16.4. The van der Waals surface area contributed by atoms with Gasteiger partial charge in [0.05, 0.1) is 16.4 Å². The summed E-state index contributed by atoms with van der Waals surface area (Å²) < 4.78 is 7.85. The molecule has 0 aliphatic carbocycles. The van der Waals surface area contributed by atoms with Crippen LogP contribution in [0.2, 0.25) is 0 Å². The summed E-state index contributed by atoms with van der Waals surface area (Å²) in [7, 11) is 0. The number of H-pyrrole nitrogens is 1. The molecule has 0 aliphatic heterocycles. The van der Waals surface area contributed by atoms with E-state index in [2.05, 4.69) is 149 Å². The van der Waals surface area contributed by atoms with Crippen molar-refractivity contribution in [3.05, 3.63) is 198 Å². The molecule has 3 aromatic heterocycles. The predicted molar refractivity (Wildman–Crippen MR) is 223 cm³/mol. The molecule has 0 aliphatic rings. The van der Waals surface area contributed by atoms with E-state index in [4.69, 9.17) is 4.42 Å². The van der Waals surface area contributed by atoms with Gasteiger partial charge in [0, 0.05) is 50.5 Å². The third kappa shape index (κ3) is 5.28. The Morgan fingerprint density at radius 2 is 0.981 bits per heavy atom. The standard InChI is InChI=1S/C31H19NO2.C18H13N.H2/c33-31-27-19-22(15-16-23(27)25-11-5-7-13-30(25)34-31)32-28-12-6-4-10-24(28)26-18-21(14-17-29(26)32)20-8-2-1-3-9-20;1-2-6-13(7-3-1)14-10-11-18-16(12-14)15-8-4-5-9-17(15)19-18;/h1-19H;1-12,19H;1H. The zero-order valence-electron chi connectivity index (χ0n) is 28.7. The summed E-state index contributed by atoms with van der Waals surface area (Å²) in [6, 6.07) is 64.7. The number of fused-ring (bicyclic) bond motifs is 9. The van der Waals surface area contributed by atoms with Gasteiger partial charge < -0.3 is 14.0 Å². The average molecular weight is 683 g/mol. The van der Waals surface area contributed by atoms with Crippen LogP contribution >= 0.6 is 0 Å². The molecule has 0 unspecified atom stereocenters. The van der Waals surface area contributed by atoms with Crippen molar-refractivity contribution in [2.24, 2.45) is 0 Å². The fourth-order valence-electron chi connectivity index (χ4n) is 7.73. The summed E-state index contributed by atoms with van der Waals surface area (Å²) in [5.41, 5.74) is 10.7. The van der Waals surface area contributed by atoms with Gasteiger partial charge in [-0.15, -0.1) is 0 Å². The lowest BCUT2D eigenvalue weighted by Gasteiger charge is -2.10. The molecule has 4 nitrogen and oxygen atoms in total. The maximum Gasteiger partial charge on any atom is 0.344 e. The first-order valence-corrected chi connectivity index (χ1v) is 17.8. The van der Waals surface area contributed by atoms with Gasteiger partial charge in [-0.3, -0.25) is 0 Å². The Morgan fingerprint density at radius 1 is 0.396 bits per heavy atom. The number of nitrogens with zero attached hydrogens (tertiary/aromatic N) is 1. The summed E-state index contributed by atoms with van der Waals surface area (Å²) >= 11 is 0. The van der Waals surface area contributed by atoms with E-state index in [0.29, 0.717) is 11.0 Å². The fourth-order valence-corrected chi connectivity index (χ4v) is 7.73. The summed E-state index contributed by atoms with van der Waals surface area (Å²) in [5.74, 6) is 0. The second kappa shape index (κ2) is 12.6. The number of hydrogen-bond donors (Lipinski definition) is 1. The molecule has 11 rings (SSSR count). The van der Waals surface area contributed by atoms with E-state index in [0.717, 1.165) is 27.5 Å². The Balaban J connectivity index is 0.000000163. The lowest BCUT2D eigenvalue weighted by atomic mass is 10.0. The fraction of sp³-hybridized carbons (Fsp3) is 0. The maximum atomic E-state index is 12.9. The zero-order valence-corrected chi connectivity index (χ0v) is 28.7. The van der Waals surface area contributed by atoms with E-state index in [1.165, 1.54) is 54.8 Å². The van der Waals surface area contributed by atoms with Gasteiger partial charge in [-0.2, -0.15) is 0 Å². The molecule has 3 heterocycles. The van der Waals surface area contributed by atoms with E-state index in [1.54, 1.807) is 0 Å². The van der Waals surface area contributed by atoms with Gasteiger partial charge in [0.15, 0.2) is 0 Å². The second-order valence-electron chi connectivity index (χ2n) is 13.4. The lowest BCUT2D eigenvalue weighted by molar-refractivity contribution is 0.569. The van der Waals surface area contributed by atoms with Crippen molar-refractivity contribution in [1.82, 2.24) is 9.55 Å². The van der Waals surface area contributed by atoms with Crippen molar-refractivity contribution in [2.45, 2.75) is 0 Å². The molecule has 8 aromatic carbocycles. The van der Waals surface area contributed by atoms with Crippen molar-refractivity contribution in [1.29, 1.82) is 0 Å². The van der Waals surface area contributed by atoms with E-state index < -0.39 is 0 Å². The molecule has 0 fully saturated rings. The monoisotopic (exact) mass is 682 g/mol. The van der Waals surface area contributed by atoms with Gasteiger partial charge in [-0.25, -0.2) is 4.79 Å². The first-order valence-electron chi connectivity index (χ1n) is 17.8. The smallest absolute Gasteiger partial charge is 0.344 e. The first kappa shape index (κ1) is 30.6. The second-order valence-corrected chi connectivity index (χ2v) is 13.4. The highest BCUT2D eigenvalue weighted by molar-refractivity contribution is 6.11. The molecule has 0 radical (unpaired) electrons. The van der Waals surface area contributed by atoms with E-state index in [1.807, 2.05) is 48.5 Å². The van der Waals surface area contributed by atoms with Crippen LogP contribution in [0, 0.1) is 0 Å². The molecular formula is C49H34N2O2. The number of aromatic nitrogens is 2. The van der Waals surface area contributed by atoms with Crippen LogP contribution in [0.5, 0.6) is 0 Å². The van der Waals surface area contributed by atoms with Gasteiger partial charge in [0.2, 0.25) is 0 Å². The molecule has 0 saturated carbocycles. The van der Waals surface area contributed by atoms with E-state index in [-0.39, 0.29) is 7.05 Å². The van der Waals surface area contributed by atoms with Gasteiger partial charge in [0.1, 0.15) is 5.58 Å². The minimum atomic E-state index is -0.317. The van der Waals surface area contributed by atoms with Crippen LogP contribution in [-0.2, 0) is 0 Å². The Hall–Kier alpha value is -7.17. The van der Waals surface area contributed by atoms with Crippen molar-refractivity contribution in [2.75, 3.05) is 0 Å². The van der Waals surface area contributed by atoms with Crippen LogP contribution in [0.25, 0.3) is 93.3 Å². The average Bonchev–Trinajstić information content (AvgIpc) is 3.77. The highest BCUT2D eigenvalue weighted by Crippen LogP contribution is 2.36. The SMILES string of the molecule is O=c1oc2ccccc2c2ccc(-n3c4ccccc4c4cc(-c5ccccc5)ccc43)cc12.[HH].c1ccc(-c2ccc3[nH]c4ccccc4c3c2)cc1. The first-order chi connectivity index (χ1) is 26.2. The summed E-state index contributed by atoms with van der Waals surface area (Å²) in [6.45, 7) is 0. The number of rotatable bonds is 3. The predicted octanol–water partition coefficient (Wildman–Crippen LogP) is 12.9. The van der Waals surface area contributed by atoms with Crippen LogP contribution in [0.1, 0.15) is 1.43 Å². The van der Waals surface area contributed by atoms with Gasteiger partial charge in [0.25, 0.3) is 0 Å². The minimum Gasteiger partial charge on any atom is -0.422 e. The van der Waals surface area contributed by atoms with Gasteiger partial charge in [-0.05, 0) is 76.9 Å². The Labute approximate surface area is 306 Å². The molecular weight excluding hydrogens is 649 g/mol. The normalized spacial score (nSPS) is 11.5. The van der Waals surface area contributed by atoms with E-state index in [9.17, 15) is 4.79 Å². The minimum absolute atomic E-state index is 0. The maximum absolute atomic E-state index is 12.9. The van der Waals surface area contributed by atoms with Crippen LogP contribution < -0.4 is 5.63 Å². The molecule has 0 amide bonds. The van der Waals surface area contributed by atoms with Crippen LogP contribution in [0.3, 0.4) is 0 Å². The van der Waals surface area contributed by atoms with Crippen molar-refractivity contribution < 1.29 is 5.84 Å². The van der Waals surface area contributed by atoms with Crippen molar-refractivity contribution in [3.63, 3.8) is 0 Å². The molecule has 0 atom stereocenters. The molecule has 4 heteroatoms. The number of benzene rings is 8. The van der Waals surface area contributed by atoms with Crippen LogP contribution in [-0.4, -0.2) is 9.55 Å². The van der Waals surface area contributed by atoms with Gasteiger partial charge in [-0.1, -0.05) is 133 Å². The van der Waals surface area contributed by atoms with Crippen LogP contribution in [0.15, 0.2) is 197 Å². The summed E-state index contributed by atoms with van der Waals surface area (Å²) in [5, 5.41) is 7.37. The number of nitrogens with one attached hydrogen (secondary N) is 1. The third-order valence-corrected chi connectivity index (χ3v) is 10.3. The lowest BCUT2D eigenvalue weighted by Crippen LogP contribution is -2.02. The van der Waals surface area contributed by atoms with Crippen molar-refractivity contribution >= 4 is 65.4 Å². The quantitative estimate of drug-likeness (QED) is 0.149. The Bertz CT molecular complexity index is 3200. The summed E-state index contributed by atoms with van der Waals surface area (Å²) in [4.78, 5) is 16.3. The van der Waals surface area contributed by atoms with E-state index >= 15 is 0 Å². The van der Waals surface area contributed by atoms with Crippen LogP contribution in [0.4, 0.5) is 0 Å². The van der Waals surface area contributed by atoms with Gasteiger partial charge >= 0.3 is 5.63 Å². The summed E-state index contributed by atoms with van der Waals surface area (Å²) in [6.07, 6.45) is 0. The molecule has 0 saturated heterocycles. The topological polar surface area (TPSA) is 50.9 Å². The number of para-hydroxylation sites is 3. The highest BCUT2D eigenvalue weighted by Gasteiger charge is 2.15. The third-order valence-electron chi connectivity index (χ3n) is 10.3. The Morgan fingerprint density at radius 3 is 1.75 bits per heavy atom. The Kier molecular flexibility index (Phi) is 7.26. The number of aromatic amines is 1. The molecule has 53 heavy (non-hydrogen) atoms. The molecule has 11 aromatic rings.